The van der Waals surface area contributed by atoms with Gasteiger partial charge >= 0.3 is 14.8 Å². The molecule has 1 aromatic rings. The Morgan fingerprint density at radius 3 is 2.57 bits per heavy atom. The fourth-order valence-corrected chi connectivity index (χ4v) is 10.1. The van der Waals surface area contributed by atoms with Crippen molar-refractivity contribution in [1.82, 2.24) is 5.32 Å². The summed E-state index contributed by atoms with van der Waals surface area (Å²) in [6, 6.07) is 4.56. The van der Waals surface area contributed by atoms with Gasteiger partial charge in [-0.15, -0.1) is 0 Å². The first-order chi connectivity index (χ1) is 25.8. The molecule has 4 fully saturated rings. The molecule has 13 nitrogen and oxygen atoms in total. The molecule has 4 aliphatic carbocycles. The zero-order valence-corrected chi connectivity index (χ0v) is 32.4. The van der Waals surface area contributed by atoms with Gasteiger partial charge < -0.3 is 48.8 Å². The molecule has 5 aliphatic rings. The second-order valence-corrected chi connectivity index (χ2v) is 16.8. The van der Waals surface area contributed by atoms with Crippen LogP contribution in [-0.4, -0.2) is 81.5 Å². The Balaban J connectivity index is 1.18. The minimum atomic E-state index is -2.77. The van der Waals surface area contributed by atoms with E-state index in [0.29, 0.717) is 24.9 Å². The van der Waals surface area contributed by atoms with Gasteiger partial charge in [-0.25, -0.2) is 4.79 Å². The molecule has 14 heteroatoms. The van der Waals surface area contributed by atoms with Crippen molar-refractivity contribution < 1.29 is 57.9 Å². The highest BCUT2D eigenvalue weighted by Crippen LogP contribution is 2.60. The van der Waals surface area contributed by atoms with Gasteiger partial charge in [-0.05, 0) is 93.7 Å². The van der Waals surface area contributed by atoms with E-state index in [4.69, 9.17) is 23.5 Å². The van der Waals surface area contributed by atoms with Crippen molar-refractivity contribution in [1.29, 1.82) is 0 Å². The van der Waals surface area contributed by atoms with E-state index in [2.05, 4.69) is 12.2 Å². The number of aliphatic hydroxyl groups is 2. The standard InChI is InChI=1S/C40H56NO12P/c1-4-41-22-32(44)26-13-14-33(53-54(47)48)27(19-26)23-49-37(46)50-24-34(45)40-35(51-36(52-40)25-9-6-5-7-10-25)16-17-38(40,2)21-31(43)30-12-8-11-28-20-29(42)15-18-39(28,30)3/h13-15,18-20,25,30-32,35-36,41,43-44,47-48H,4-12,16-17,21-24H2,1-3H3. The van der Waals surface area contributed by atoms with E-state index in [1.165, 1.54) is 12.1 Å². The van der Waals surface area contributed by atoms with E-state index in [1.807, 2.05) is 19.9 Å². The number of rotatable bonds is 15. The highest BCUT2D eigenvalue weighted by atomic mass is 31.2. The molecule has 8 unspecified atom stereocenters. The van der Waals surface area contributed by atoms with Gasteiger partial charge in [0.25, 0.3) is 0 Å². The third-order valence-electron chi connectivity index (χ3n) is 12.7. The minimum absolute atomic E-state index is 0.0395. The topological polar surface area (TPSA) is 190 Å². The Morgan fingerprint density at radius 2 is 1.83 bits per heavy atom. The van der Waals surface area contributed by atoms with Crippen LogP contribution in [0.25, 0.3) is 0 Å². The number of Topliss-reactive ketones (excluding diaryl/α,β-unsaturated/α-hetero) is 1. The number of nitrogens with one attached hydrogen (secondary N) is 1. The van der Waals surface area contributed by atoms with E-state index < -0.39 is 74.8 Å². The zero-order valence-electron chi connectivity index (χ0n) is 31.5. The van der Waals surface area contributed by atoms with Crippen LogP contribution in [0, 0.1) is 22.7 Å². The summed E-state index contributed by atoms with van der Waals surface area (Å²) in [5.74, 6) is -0.491. The van der Waals surface area contributed by atoms with Gasteiger partial charge in [0.05, 0.1) is 18.3 Å². The highest BCUT2D eigenvalue weighted by molar-refractivity contribution is 7.39. The predicted molar refractivity (Wildman–Crippen MR) is 198 cm³/mol. The summed E-state index contributed by atoms with van der Waals surface area (Å²) < 4.78 is 29.3. The lowest BCUT2D eigenvalue weighted by atomic mass is 9.58. The summed E-state index contributed by atoms with van der Waals surface area (Å²) in [6.07, 6.45) is 10.1. The number of allylic oxidation sites excluding steroid dienone is 4. The minimum Gasteiger partial charge on any atom is -0.429 e. The van der Waals surface area contributed by atoms with E-state index in [9.17, 15) is 34.4 Å². The number of fused-ring (bicyclic) bond motifs is 2. The molecule has 1 heterocycles. The maximum absolute atomic E-state index is 14.6. The number of hydrogen-bond donors (Lipinski definition) is 5. The lowest BCUT2D eigenvalue weighted by Crippen LogP contribution is -2.58. The van der Waals surface area contributed by atoms with E-state index in [0.717, 1.165) is 56.9 Å². The lowest BCUT2D eigenvalue weighted by molar-refractivity contribution is -0.183. The van der Waals surface area contributed by atoms with Crippen LogP contribution >= 0.6 is 8.60 Å². The normalized spacial score (nSPS) is 32.1. The van der Waals surface area contributed by atoms with Gasteiger partial charge in [-0.1, -0.05) is 57.7 Å². The van der Waals surface area contributed by atoms with Crippen molar-refractivity contribution in [2.24, 2.45) is 22.7 Å². The number of ether oxygens (including phenoxy) is 4. The van der Waals surface area contributed by atoms with E-state index in [-0.39, 0.29) is 41.9 Å². The first kappa shape index (κ1) is 40.9. The molecule has 6 rings (SSSR count). The summed E-state index contributed by atoms with van der Waals surface area (Å²) in [6.45, 7) is 5.83. The van der Waals surface area contributed by atoms with Crippen LogP contribution in [0.3, 0.4) is 0 Å². The second-order valence-electron chi connectivity index (χ2n) is 16.1. The predicted octanol–water partition coefficient (Wildman–Crippen LogP) is 5.63. The van der Waals surface area contributed by atoms with Gasteiger partial charge in [0, 0.05) is 28.9 Å². The molecule has 1 saturated heterocycles. The molecule has 0 bridgehead atoms. The molecule has 1 aliphatic heterocycles. The summed E-state index contributed by atoms with van der Waals surface area (Å²) in [4.78, 5) is 58.8. The molecule has 298 valence electrons. The van der Waals surface area contributed by atoms with Crippen molar-refractivity contribution in [3.05, 3.63) is 53.1 Å². The van der Waals surface area contributed by atoms with E-state index >= 15 is 0 Å². The smallest absolute Gasteiger partial charge is 0.429 e. The molecule has 3 saturated carbocycles. The summed E-state index contributed by atoms with van der Waals surface area (Å²) in [5.41, 5.74) is -1.03. The fourth-order valence-electron chi connectivity index (χ4n) is 9.79. The molecular weight excluding hydrogens is 717 g/mol. The second kappa shape index (κ2) is 17.2. The average Bonchev–Trinajstić information content (AvgIpc) is 3.68. The number of aliphatic hydroxyl groups excluding tert-OH is 2. The number of benzene rings is 1. The molecule has 0 amide bonds. The maximum atomic E-state index is 14.6. The first-order valence-electron chi connectivity index (χ1n) is 19.5. The molecule has 1 aromatic carbocycles. The van der Waals surface area contributed by atoms with E-state index in [1.54, 1.807) is 18.2 Å². The van der Waals surface area contributed by atoms with Crippen LogP contribution in [0.2, 0.25) is 0 Å². The van der Waals surface area contributed by atoms with Crippen molar-refractivity contribution in [3.63, 3.8) is 0 Å². The highest BCUT2D eigenvalue weighted by Gasteiger charge is 2.69. The van der Waals surface area contributed by atoms with Crippen LogP contribution in [0.5, 0.6) is 5.75 Å². The Labute approximate surface area is 318 Å². The summed E-state index contributed by atoms with van der Waals surface area (Å²) in [7, 11) is -2.77. The van der Waals surface area contributed by atoms with Crippen LogP contribution < -0.4 is 9.84 Å². The number of carbonyl (C=O) groups excluding carboxylic acids is 3. The van der Waals surface area contributed by atoms with Gasteiger partial charge in [-0.2, -0.15) is 0 Å². The number of hydrogen-bond acceptors (Lipinski definition) is 13. The van der Waals surface area contributed by atoms with Gasteiger partial charge in [0.15, 0.2) is 24.3 Å². The van der Waals surface area contributed by atoms with Gasteiger partial charge in [0.1, 0.15) is 12.4 Å². The number of carbonyl (C=O) groups is 3. The summed E-state index contributed by atoms with van der Waals surface area (Å²) in [5, 5.41) is 25.7. The molecule has 0 spiro atoms. The van der Waals surface area contributed by atoms with Crippen molar-refractivity contribution in [3.8, 4) is 5.75 Å². The Bertz CT molecular complexity index is 1590. The van der Waals surface area contributed by atoms with Crippen molar-refractivity contribution >= 4 is 26.3 Å². The monoisotopic (exact) mass is 773 g/mol. The van der Waals surface area contributed by atoms with Crippen molar-refractivity contribution in [2.75, 3.05) is 19.7 Å². The van der Waals surface area contributed by atoms with Crippen LogP contribution in [0.1, 0.15) is 109 Å². The zero-order chi connectivity index (χ0) is 38.7. The largest absolute Gasteiger partial charge is 0.509 e. The molecule has 8 atom stereocenters. The van der Waals surface area contributed by atoms with Gasteiger partial charge in [-0.3, -0.25) is 9.59 Å². The Morgan fingerprint density at radius 1 is 1.06 bits per heavy atom. The molecule has 0 radical (unpaired) electrons. The average molecular weight is 774 g/mol. The molecule has 0 aromatic heterocycles. The SMILES string of the molecule is CCNCC(O)c1ccc(OP(O)O)c(COC(=O)OCC(=O)C23OC(C4CCCCC4)OC2CCC3(C)CC(O)C2CCCC3=CC(=O)C=CC32C)c1. The third kappa shape index (κ3) is 8.34. The van der Waals surface area contributed by atoms with Crippen molar-refractivity contribution in [2.45, 2.75) is 128 Å². The fraction of sp³-hybridized carbons (Fsp3) is 0.675. The van der Waals surface area contributed by atoms with Crippen LogP contribution in [0.15, 0.2) is 42.0 Å². The van der Waals surface area contributed by atoms with Gasteiger partial charge in [0.2, 0.25) is 5.78 Å². The Kier molecular flexibility index (Phi) is 13.0. The third-order valence-corrected chi connectivity index (χ3v) is 13.1. The number of likely N-dealkylation sites (N-methyl/N-ethyl adjacent to an activating group) is 1. The molecule has 54 heavy (non-hydrogen) atoms. The lowest BCUT2D eigenvalue weighted by Gasteiger charge is -2.48. The first-order valence-corrected chi connectivity index (χ1v) is 20.6. The Hall–Kier alpha value is -2.74. The van der Waals surface area contributed by atoms with Crippen LogP contribution in [0.4, 0.5) is 4.79 Å². The molecular formula is C40H56NO12P. The maximum Gasteiger partial charge on any atom is 0.509 e. The van der Waals surface area contributed by atoms with Crippen LogP contribution in [-0.2, 0) is 35.1 Å². The summed E-state index contributed by atoms with van der Waals surface area (Å²) >= 11 is 0. The number of ketones is 2. The quantitative estimate of drug-likeness (QED) is 0.109. The molecule has 5 N–H and O–H groups in total.